The molecule has 0 aliphatic heterocycles. The first kappa shape index (κ1) is 10.8. The Hall–Kier alpha value is -0.680. The van der Waals surface area contributed by atoms with Crippen molar-refractivity contribution in [3.63, 3.8) is 0 Å². The van der Waals surface area contributed by atoms with Gasteiger partial charge < -0.3 is 5.73 Å². The lowest BCUT2D eigenvalue weighted by Gasteiger charge is -2.08. The van der Waals surface area contributed by atoms with E-state index >= 15 is 0 Å². The minimum absolute atomic E-state index is 0.0422. The fourth-order valence-electron chi connectivity index (χ4n) is 1.78. The van der Waals surface area contributed by atoms with Gasteiger partial charge in [-0.25, -0.2) is 8.42 Å². The highest BCUT2D eigenvalue weighted by Gasteiger charge is 2.56. The highest BCUT2D eigenvalue weighted by Crippen LogP contribution is 2.43. The lowest BCUT2D eigenvalue weighted by atomic mass is 10.1. The molecule has 2 saturated carbocycles. The summed E-state index contributed by atoms with van der Waals surface area (Å²) in [5.41, 5.74) is 4.85. The van der Waals surface area contributed by atoms with Crippen molar-refractivity contribution < 1.29 is 13.2 Å². The van der Waals surface area contributed by atoms with Crippen LogP contribution in [0, 0.1) is 5.92 Å². The molecule has 0 amide bonds. The first-order valence-electron chi connectivity index (χ1n) is 5.06. The number of Topliss-reactive ketones (excluding diaryl/α,β-unsaturated/α-hetero) is 1. The van der Waals surface area contributed by atoms with Gasteiger partial charge in [-0.3, -0.25) is 4.79 Å². The molecule has 5 heteroatoms. The van der Waals surface area contributed by atoms with Crippen LogP contribution in [0.15, 0.2) is 12.7 Å². The van der Waals surface area contributed by atoms with E-state index in [1.165, 1.54) is 0 Å². The maximum absolute atomic E-state index is 11.7. The number of sulfone groups is 1. The minimum Gasteiger partial charge on any atom is -0.318 e. The Bertz CT molecular complexity index is 410. The van der Waals surface area contributed by atoms with Crippen molar-refractivity contribution in [2.24, 2.45) is 11.7 Å². The van der Waals surface area contributed by atoms with Crippen molar-refractivity contribution in [1.82, 2.24) is 0 Å². The van der Waals surface area contributed by atoms with Crippen LogP contribution >= 0.6 is 0 Å². The quantitative estimate of drug-likeness (QED) is 0.675. The van der Waals surface area contributed by atoms with E-state index in [0.717, 1.165) is 0 Å². The molecule has 0 heterocycles. The van der Waals surface area contributed by atoms with Gasteiger partial charge in [0.05, 0.1) is 10.8 Å². The van der Waals surface area contributed by atoms with Gasteiger partial charge in [0.25, 0.3) is 0 Å². The predicted molar refractivity (Wildman–Crippen MR) is 57.0 cm³/mol. The molecule has 2 N–H and O–H groups in total. The zero-order chi connectivity index (χ0) is 11.3. The zero-order valence-corrected chi connectivity index (χ0v) is 9.29. The van der Waals surface area contributed by atoms with Crippen molar-refractivity contribution in [3.8, 4) is 0 Å². The van der Waals surface area contributed by atoms with Gasteiger partial charge in [-0.1, -0.05) is 6.08 Å². The fraction of sp³-hybridized carbons (Fsp3) is 0.700. The third kappa shape index (κ3) is 1.86. The molecule has 2 atom stereocenters. The summed E-state index contributed by atoms with van der Waals surface area (Å²) in [6.07, 6.45) is 3.55. The topological polar surface area (TPSA) is 77.2 Å². The molecule has 0 bridgehead atoms. The van der Waals surface area contributed by atoms with Crippen LogP contribution in [0.2, 0.25) is 0 Å². The number of carbonyl (C=O) groups excluding carboxylic acids is 1. The number of carbonyl (C=O) groups is 1. The largest absolute Gasteiger partial charge is 0.318 e. The summed E-state index contributed by atoms with van der Waals surface area (Å²) in [6, 6.07) is 0. The van der Waals surface area contributed by atoms with Crippen LogP contribution < -0.4 is 5.73 Å². The summed E-state index contributed by atoms with van der Waals surface area (Å²) >= 11 is 0. The van der Waals surface area contributed by atoms with Crippen LogP contribution in [0.1, 0.15) is 19.3 Å². The summed E-state index contributed by atoms with van der Waals surface area (Å²) in [5, 5.41) is -0.286. The summed E-state index contributed by atoms with van der Waals surface area (Å²) in [6.45, 7) is 3.56. The van der Waals surface area contributed by atoms with E-state index in [9.17, 15) is 13.2 Å². The van der Waals surface area contributed by atoms with Gasteiger partial charge in [-0.2, -0.15) is 0 Å². The monoisotopic (exact) mass is 229 g/mol. The molecule has 4 nitrogen and oxygen atoms in total. The third-order valence-electron chi connectivity index (χ3n) is 3.23. The number of rotatable bonds is 5. The molecular weight excluding hydrogens is 214 g/mol. The van der Waals surface area contributed by atoms with Crippen molar-refractivity contribution in [3.05, 3.63) is 12.7 Å². The summed E-state index contributed by atoms with van der Waals surface area (Å²) < 4.78 is 23.1. The smallest absolute Gasteiger partial charge is 0.168 e. The molecule has 2 aliphatic carbocycles. The Morgan fingerprint density at radius 2 is 2.13 bits per heavy atom. The first-order chi connectivity index (χ1) is 6.90. The average molecular weight is 229 g/mol. The van der Waals surface area contributed by atoms with Gasteiger partial charge >= 0.3 is 0 Å². The molecule has 84 valence electrons. The van der Waals surface area contributed by atoms with Crippen molar-refractivity contribution in [1.29, 1.82) is 0 Å². The predicted octanol–water partition coefficient (Wildman–Crippen LogP) is 0.0361. The van der Waals surface area contributed by atoms with Crippen LogP contribution in [-0.2, 0) is 14.6 Å². The maximum atomic E-state index is 11.7. The van der Waals surface area contributed by atoms with Gasteiger partial charge in [0.15, 0.2) is 15.6 Å². The van der Waals surface area contributed by atoms with Crippen molar-refractivity contribution >= 4 is 15.6 Å². The molecule has 0 spiro atoms. The Kier molecular flexibility index (Phi) is 2.28. The molecule has 0 saturated heterocycles. The van der Waals surface area contributed by atoms with Gasteiger partial charge in [0.2, 0.25) is 0 Å². The second-order valence-electron chi connectivity index (χ2n) is 4.52. The van der Waals surface area contributed by atoms with Gasteiger partial charge in [-0.05, 0) is 19.3 Å². The maximum Gasteiger partial charge on any atom is 0.168 e. The molecule has 0 aromatic heterocycles. The summed E-state index contributed by atoms with van der Waals surface area (Å²) in [4.78, 5) is 11.7. The Balaban J connectivity index is 2.02. The third-order valence-corrected chi connectivity index (χ3v) is 5.38. The lowest BCUT2D eigenvalue weighted by molar-refractivity contribution is -0.118. The second-order valence-corrected chi connectivity index (χ2v) is 6.80. The highest BCUT2D eigenvalue weighted by molar-refractivity contribution is 7.93. The zero-order valence-electron chi connectivity index (χ0n) is 8.48. The summed E-state index contributed by atoms with van der Waals surface area (Å²) in [7, 11) is -3.22. The first-order valence-corrected chi connectivity index (χ1v) is 6.78. The Morgan fingerprint density at radius 1 is 1.53 bits per heavy atom. The Labute approximate surface area is 89.4 Å². The lowest BCUT2D eigenvalue weighted by Crippen LogP contribution is -2.40. The molecule has 0 radical (unpaired) electrons. The second kappa shape index (κ2) is 3.15. The van der Waals surface area contributed by atoms with Crippen LogP contribution in [0.25, 0.3) is 0 Å². The molecule has 2 rings (SSSR count). The van der Waals surface area contributed by atoms with Gasteiger partial charge in [0, 0.05) is 5.92 Å². The van der Waals surface area contributed by atoms with E-state index < -0.39 is 21.1 Å². The van der Waals surface area contributed by atoms with E-state index in [1.807, 2.05) is 0 Å². The SMILES string of the molecule is C=C[C@@H]1C[C@]1(N)C(=O)CS(=O)(=O)C1CC1. The average Bonchev–Trinajstić information content (AvgIpc) is 2.97. The normalized spacial score (nSPS) is 34.9. The van der Waals surface area contributed by atoms with Crippen molar-refractivity contribution in [2.75, 3.05) is 5.75 Å². The van der Waals surface area contributed by atoms with Crippen LogP contribution in [0.3, 0.4) is 0 Å². The van der Waals surface area contributed by atoms with E-state index in [1.54, 1.807) is 6.08 Å². The van der Waals surface area contributed by atoms with E-state index in [4.69, 9.17) is 5.73 Å². The highest BCUT2D eigenvalue weighted by atomic mass is 32.2. The Morgan fingerprint density at radius 3 is 2.53 bits per heavy atom. The van der Waals surface area contributed by atoms with Crippen LogP contribution in [-0.4, -0.2) is 30.7 Å². The molecular formula is C10H15NO3S. The molecule has 0 unspecified atom stereocenters. The number of ketones is 1. The van der Waals surface area contributed by atoms with Crippen LogP contribution in [0.4, 0.5) is 0 Å². The van der Waals surface area contributed by atoms with Gasteiger partial charge in [0.1, 0.15) is 5.75 Å². The molecule has 2 fully saturated rings. The van der Waals surface area contributed by atoms with E-state index in [0.29, 0.717) is 19.3 Å². The molecule has 0 aromatic rings. The standard InChI is InChI=1S/C10H15NO3S/c1-2-7-5-10(7,11)9(12)6-15(13,14)8-3-4-8/h2,7-8H,1,3-6,11H2/t7-,10-/m1/s1. The number of hydrogen-bond donors (Lipinski definition) is 1. The summed E-state index contributed by atoms with van der Waals surface area (Å²) in [5.74, 6) is -0.780. The minimum atomic E-state index is -3.22. The molecule has 2 aliphatic rings. The van der Waals surface area contributed by atoms with Crippen LogP contribution in [0.5, 0.6) is 0 Å². The molecule has 15 heavy (non-hydrogen) atoms. The molecule has 0 aromatic carbocycles. The number of nitrogens with two attached hydrogens (primary N) is 1. The fourth-order valence-corrected chi connectivity index (χ4v) is 3.51. The van der Waals surface area contributed by atoms with E-state index in [2.05, 4.69) is 6.58 Å². The number of hydrogen-bond acceptors (Lipinski definition) is 4. The van der Waals surface area contributed by atoms with Gasteiger partial charge in [-0.15, -0.1) is 6.58 Å². The van der Waals surface area contributed by atoms with Crippen molar-refractivity contribution in [2.45, 2.75) is 30.1 Å². The van der Waals surface area contributed by atoms with E-state index in [-0.39, 0.29) is 17.0 Å².